The van der Waals surface area contributed by atoms with Gasteiger partial charge in [-0.15, -0.1) is 0 Å². The molecule has 2 aromatic carbocycles. The molecule has 12 heteroatoms. The third kappa shape index (κ3) is 5.24. The molecule has 45 heavy (non-hydrogen) atoms. The molecule has 2 aromatic heterocycles. The molecule has 2 amide bonds. The Morgan fingerprint density at radius 1 is 1.13 bits per heavy atom. The summed E-state index contributed by atoms with van der Waals surface area (Å²) in [6.45, 7) is 3.93. The van der Waals surface area contributed by atoms with E-state index in [0.717, 1.165) is 28.1 Å². The van der Waals surface area contributed by atoms with Gasteiger partial charge in [0.05, 0.1) is 5.92 Å². The van der Waals surface area contributed by atoms with Crippen LogP contribution in [-0.2, 0) is 16.0 Å². The number of aldehydes is 1. The Kier molecular flexibility index (Phi) is 7.36. The van der Waals surface area contributed by atoms with Crippen LogP contribution in [0.1, 0.15) is 71.7 Å². The quantitative estimate of drug-likeness (QED) is 0.237. The highest BCUT2D eigenvalue weighted by molar-refractivity contribution is 5.90. The summed E-state index contributed by atoms with van der Waals surface area (Å²) in [6.07, 6.45) is 3.24. The smallest absolute Gasteiger partial charge is 0.249 e. The fourth-order valence-corrected chi connectivity index (χ4v) is 6.42. The molecule has 3 N–H and O–H groups in total. The highest BCUT2D eigenvalue weighted by atomic mass is 16.5. The van der Waals surface area contributed by atoms with E-state index in [2.05, 4.69) is 26.7 Å². The van der Waals surface area contributed by atoms with E-state index in [1.165, 1.54) is 12.5 Å². The van der Waals surface area contributed by atoms with Crippen LogP contribution >= 0.6 is 0 Å². The van der Waals surface area contributed by atoms with E-state index in [9.17, 15) is 19.5 Å². The molecule has 7 rings (SSSR count). The van der Waals surface area contributed by atoms with Crippen LogP contribution in [0.15, 0.2) is 63.8 Å². The number of carbonyl (C=O) groups excluding carboxylic acids is 3. The van der Waals surface area contributed by atoms with Crippen molar-refractivity contribution in [2.24, 2.45) is 5.92 Å². The van der Waals surface area contributed by atoms with Crippen molar-refractivity contribution < 1.29 is 33.1 Å². The van der Waals surface area contributed by atoms with Gasteiger partial charge < -0.3 is 34.2 Å². The minimum atomic E-state index is -1.27. The Balaban J connectivity index is 1.15. The second kappa shape index (κ2) is 11.5. The number of amides is 2. The maximum atomic E-state index is 14.2. The van der Waals surface area contributed by atoms with Crippen molar-refractivity contribution in [1.29, 1.82) is 0 Å². The summed E-state index contributed by atoms with van der Waals surface area (Å²) in [5.74, 6) is -0.000284. The standard InChI is InChI=1S/C33H33N5O7/c1-17(2)28(40)29(41)35-23(13-18-9-10-26-21(12-18)27-20-6-3-4-7-22(20)36-32(27)45-26)33(42)38-11-5-8-25(38)31-37-24(16-44-31)30-34-19(14-39)15-43-30/h3-4,6-7,9-10,12,14-17,23,25,27-28,32,36,40H,5,8,11,13H2,1-2H3,(H,35,41)/t23-,25-,27?,28-,32?/m0/s1. The normalized spacial score (nSPS) is 21.0. The number of hydrogen-bond donors (Lipinski definition) is 3. The van der Waals surface area contributed by atoms with E-state index >= 15 is 0 Å². The lowest BCUT2D eigenvalue weighted by Crippen LogP contribution is -2.52. The number of benzene rings is 2. The van der Waals surface area contributed by atoms with Crippen LogP contribution in [0.3, 0.4) is 0 Å². The van der Waals surface area contributed by atoms with Gasteiger partial charge in [-0.3, -0.25) is 14.4 Å². The maximum absolute atomic E-state index is 14.2. The molecule has 12 nitrogen and oxygen atoms in total. The van der Waals surface area contributed by atoms with Crippen molar-refractivity contribution in [2.75, 3.05) is 11.9 Å². The fraction of sp³-hybridized carbons (Fsp3) is 0.364. The number of anilines is 1. The highest BCUT2D eigenvalue weighted by Crippen LogP contribution is 2.49. The number of aliphatic hydroxyl groups is 1. The lowest BCUT2D eigenvalue weighted by atomic mass is 9.91. The molecular formula is C33H33N5O7. The van der Waals surface area contributed by atoms with Crippen LogP contribution in [-0.4, -0.2) is 63.0 Å². The zero-order chi connectivity index (χ0) is 31.2. The van der Waals surface area contributed by atoms with Gasteiger partial charge in [0.1, 0.15) is 42.2 Å². The average Bonchev–Trinajstić information content (AvgIpc) is 3.87. The van der Waals surface area contributed by atoms with Crippen molar-refractivity contribution >= 4 is 23.8 Å². The number of oxazole rings is 2. The van der Waals surface area contributed by atoms with Crippen molar-refractivity contribution in [3.8, 4) is 17.3 Å². The van der Waals surface area contributed by atoms with Crippen LogP contribution < -0.4 is 15.4 Å². The Morgan fingerprint density at radius 3 is 2.78 bits per heavy atom. The second-order valence-electron chi connectivity index (χ2n) is 12.0. The van der Waals surface area contributed by atoms with Gasteiger partial charge in [0.15, 0.2) is 18.2 Å². The van der Waals surface area contributed by atoms with E-state index < -0.39 is 24.1 Å². The summed E-state index contributed by atoms with van der Waals surface area (Å²) in [5, 5.41) is 16.8. The van der Waals surface area contributed by atoms with Gasteiger partial charge in [0.2, 0.25) is 23.6 Å². The molecule has 3 aliphatic rings. The number of likely N-dealkylation sites (tertiary alicyclic amines) is 1. The van der Waals surface area contributed by atoms with Crippen LogP contribution in [0.4, 0.5) is 5.69 Å². The number of nitrogens with one attached hydrogen (secondary N) is 2. The largest absolute Gasteiger partial charge is 0.469 e. The highest BCUT2D eigenvalue weighted by Gasteiger charge is 2.42. The van der Waals surface area contributed by atoms with Crippen molar-refractivity contribution in [1.82, 2.24) is 20.2 Å². The van der Waals surface area contributed by atoms with E-state index in [4.69, 9.17) is 13.6 Å². The van der Waals surface area contributed by atoms with Gasteiger partial charge in [-0.2, -0.15) is 0 Å². The van der Waals surface area contributed by atoms with E-state index in [-0.39, 0.29) is 42.0 Å². The Bertz CT molecular complexity index is 1760. The summed E-state index contributed by atoms with van der Waals surface area (Å²) in [4.78, 5) is 48.6. The van der Waals surface area contributed by atoms with Gasteiger partial charge in [-0.25, -0.2) is 9.97 Å². The summed E-state index contributed by atoms with van der Waals surface area (Å²) >= 11 is 0. The van der Waals surface area contributed by atoms with Crippen LogP contribution in [0, 0.1) is 5.92 Å². The molecule has 3 aliphatic heterocycles. The molecule has 1 fully saturated rings. The third-order valence-corrected chi connectivity index (χ3v) is 8.72. The first-order valence-electron chi connectivity index (χ1n) is 15.1. The number of carbonyl (C=O) groups is 3. The van der Waals surface area contributed by atoms with Crippen LogP contribution in [0.5, 0.6) is 5.75 Å². The second-order valence-corrected chi connectivity index (χ2v) is 12.0. The zero-order valence-corrected chi connectivity index (χ0v) is 24.8. The SMILES string of the molecule is CC(C)[C@H](O)C(=O)N[C@@H](Cc1ccc2c(c1)C1c3ccccc3NC1O2)C(=O)N1CCC[C@H]1c1nc(-c2nc(C=O)co2)co1. The molecule has 0 radical (unpaired) electrons. The van der Waals surface area contributed by atoms with Gasteiger partial charge in [0.25, 0.3) is 0 Å². The van der Waals surface area contributed by atoms with Crippen LogP contribution in [0.2, 0.25) is 0 Å². The monoisotopic (exact) mass is 611 g/mol. The van der Waals surface area contributed by atoms with Crippen molar-refractivity contribution in [3.05, 3.63) is 83.3 Å². The number of aliphatic hydroxyl groups excluding tert-OH is 1. The number of nitrogens with zero attached hydrogens (tertiary/aromatic N) is 3. The van der Waals surface area contributed by atoms with Gasteiger partial charge in [-0.1, -0.05) is 44.2 Å². The average molecular weight is 612 g/mol. The fourth-order valence-electron chi connectivity index (χ4n) is 6.42. The molecule has 5 heterocycles. The van der Waals surface area contributed by atoms with Gasteiger partial charge in [0, 0.05) is 24.2 Å². The van der Waals surface area contributed by atoms with E-state index in [1.54, 1.807) is 18.7 Å². The summed E-state index contributed by atoms with van der Waals surface area (Å²) in [5.41, 5.74) is 4.50. The maximum Gasteiger partial charge on any atom is 0.249 e. The number of fused-ring (bicyclic) bond motifs is 5. The van der Waals surface area contributed by atoms with E-state index in [1.807, 2.05) is 36.4 Å². The molecule has 0 aliphatic carbocycles. The molecule has 0 bridgehead atoms. The molecule has 5 atom stereocenters. The topological polar surface area (TPSA) is 160 Å². The van der Waals surface area contributed by atoms with Gasteiger partial charge in [-0.05, 0) is 42.0 Å². The number of rotatable bonds is 9. The number of ether oxygens (including phenoxy) is 1. The third-order valence-electron chi connectivity index (χ3n) is 8.72. The number of para-hydroxylation sites is 1. The lowest BCUT2D eigenvalue weighted by molar-refractivity contribution is -0.140. The summed E-state index contributed by atoms with van der Waals surface area (Å²) < 4.78 is 17.3. The first-order valence-corrected chi connectivity index (χ1v) is 15.1. The zero-order valence-electron chi connectivity index (χ0n) is 24.8. The predicted octanol–water partition coefficient (Wildman–Crippen LogP) is 3.83. The molecule has 2 unspecified atom stereocenters. The van der Waals surface area contributed by atoms with Crippen molar-refractivity contribution in [2.45, 2.75) is 63.4 Å². The minimum absolute atomic E-state index is 0.0103. The Morgan fingerprint density at radius 2 is 1.98 bits per heavy atom. The number of hydrogen-bond acceptors (Lipinski definition) is 10. The van der Waals surface area contributed by atoms with Crippen molar-refractivity contribution in [3.63, 3.8) is 0 Å². The Labute approximate surface area is 258 Å². The number of aromatic nitrogens is 2. The summed E-state index contributed by atoms with van der Waals surface area (Å²) in [7, 11) is 0. The molecule has 0 saturated carbocycles. The molecule has 4 aromatic rings. The lowest BCUT2D eigenvalue weighted by Gasteiger charge is -2.29. The molecule has 232 valence electrons. The first kappa shape index (κ1) is 28.8. The predicted molar refractivity (Wildman–Crippen MR) is 160 cm³/mol. The summed E-state index contributed by atoms with van der Waals surface area (Å²) in [6, 6.07) is 12.5. The Hall–Kier alpha value is -4.97. The minimum Gasteiger partial charge on any atom is -0.469 e. The van der Waals surface area contributed by atoms with E-state index in [0.29, 0.717) is 37.3 Å². The first-order chi connectivity index (χ1) is 21.8. The molecular weight excluding hydrogens is 578 g/mol. The molecule has 1 saturated heterocycles. The van der Waals surface area contributed by atoms with Crippen LogP contribution in [0.25, 0.3) is 11.6 Å². The van der Waals surface area contributed by atoms with Gasteiger partial charge >= 0.3 is 0 Å². The molecule has 0 spiro atoms.